The minimum Gasteiger partial charge on any atom is -0.371 e. The van der Waals surface area contributed by atoms with Crippen LogP contribution in [-0.4, -0.2) is 17.0 Å². The number of hydrogen-bond donors (Lipinski definition) is 0. The summed E-state index contributed by atoms with van der Waals surface area (Å²) >= 11 is 0. The van der Waals surface area contributed by atoms with Gasteiger partial charge in [0.1, 0.15) is 0 Å². The highest BCUT2D eigenvalue weighted by molar-refractivity contribution is 5.30. The summed E-state index contributed by atoms with van der Waals surface area (Å²) in [6, 6.07) is 1.26. The van der Waals surface area contributed by atoms with Crippen molar-refractivity contribution in [2.75, 3.05) is 0 Å². The third kappa shape index (κ3) is 4.80. The zero-order valence-corrected chi connectivity index (χ0v) is 12.5. The molecule has 0 aromatic carbocycles. The Morgan fingerprint density at radius 1 is 1.41 bits per heavy atom. The van der Waals surface area contributed by atoms with Gasteiger partial charge in [0, 0.05) is 18.3 Å². The highest BCUT2D eigenvalue weighted by atomic mass is 15.2. The summed E-state index contributed by atoms with van der Waals surface area (Å²) in [7, 11) is 0. The summed E-state index contributed by atoms with van der Waals surface area (Å²) in [6.07, 6.45) is 5.23. The Hall–Kier alpha value is -0.980. The van der Waals surface area contributed by atoms with Gasteiger partial charge in [-0.1, -0.05) is 32.1 Å². The zero-order chi connectivity index (χ0) is 13.6. The maximum atomic E-state index is 4.03. The van der Waals surface area contributed by atoms with Crippen LogP contribution in [0.4, 0.5) is 0 Å². The van der Waals surface area contributed by atoms with Gasteiger partial charge in [-0.05, 0) is 45.6 Å². The third-order valence-corrected chi connectivity index (χ3v) is 3.03. The fourth-order valence-electron chi connectivity index (χ4n) is 2.06. The summed E-state index contributed by atoms with van der Waals surface area (Å²) in [6.45, 7) is 20.5. The van der Waals surface area contributed by atoms with Crippen LogP contribution in [-0.2, 0) is 0 Å². The van der Waals surface area contributed by atoms with Crippen LogP contribution in [0.3, 0.4) is 0 Å². The van der Waals surface area contributed by atoms with Crippen LogP contribution in [0.1, 0.15) is 48.0 Å². The van der Waals surface area contributed by atoms with Gasteiger partial charge in [-0.15, -0.1) is 6.58 Å². The second-order valence-corrected chi connectivity index (χ2v) is 5.40. The Bertz CT molecular complexity index is 284. The molecule has 1 aliphatic heterocycles. The van der Waals surface area contributed by atoms with E-state index >= 15 is 0 Å². The average Bonchev–Trinajstić information content (AvgIpc) is 2.62. The largest absolute Gasteiger partial charge is 0.371 e. The van der Waals surface area contributed by atoms with Crippen molar-refractivity contribution in [3.8, 4) is 0 Å². The molecule has 0 amide bonds. The monoisotopic (exact) mass is 235 g/mol. The van der Waals surface area contributed by atoms with E-state index in [-0.39, 0.29) is 0 Å². The molecule has 0 aromatic rings. The van der Waals surface area contributed by atoms with Crippen molar-refractivity contribution in [1.29, 1.82) is 0 Å². The summed E-state index contributed by atoms with van der Waals surface area (Å²) in [5.74, 6) is 0.713. The third-order valence-electron chi connectivity index (χ3n) is 3.03. The van der Waals surface area contributed by atoms with Gasteiger partial charge < -0.3 is 4.90 Å². The Labute approximate surface area is 108 Å². The zero-order valence-electron chi connectivity index (χ0n) is 12.5. The predicted octanol–water partition coefficient (Wildman–Crippen LogP) is 4.78. The normalized spacial score (nSPS) is 18.9. The standard InChI is InChI=1S/C13H23N.C3H6/c1-9(2)12-7-13(10(3)4)14(8-12)11(5)6;1-3-2/h8,10-11,13H,1,7H2,2-6H3;3H,1H2,2H3/t13-;/m0./s1. The Morgan fingerprint density at radius 3 is 2.12 bits per heavy atom. The Morgan fingerprint density at radius 2 is 1.88 bits per heavy atom. The molecule has 0 aromatic heterocycles. The first-order valence-corrected chi connectivity index (χ1v) is 6.56. The molecule has 0 bridgehead atoms. The van der Waals surface area contributed by atoms with Crippen LogP contribution in [0, 0.1) is 5.92 Å². The number of hydrogen-bond acceptors (Lipinski definition) is 1. The first-order chi connectivity index (χ1) is 7.84. The number of allylic oxidation sites excluding steroid dienone is 2. The minimum absolute atomic E-state index is 0.597. The van der Waals surface area contributed by atoms with Gasteiger partial charge in [-0.3, -0.25) is 0 Å². The Balaban J connectivity index is 0.000000770. The molecule has 0 fully saturated rings. The second-order valence-electron chi connectivity index (χ2n) is 5.40. The number of nitrogens with zero attached hydrogens (tertiary/aromatic N) is 1. The molecule has 0 unspecified atom stereocenters. The molecule has 1 rings (SSSR count). The van der Waals surface area contributed by atoms with Crippen LogP contribution in [0.2, 0.25) is 0 Å². The molecule has 1 heteroatoms. The van der Waals surface area contributed by atoms with Crippen molar-refractivity contribution in [1.82, 2.24) is 4.90 Å². The topological polar surface area (TPSA) is 3.24 Å². The van der Waals surface area contributed by atoms with Crippen LogP contribution in [0.15, 0.2) is 36.6 Å². The summed E-state index contributed by atoms with van der Waals surface area (Å²) in [5, 5.41) is 0. The fourth-order valence-corrected chi connectivity index (χ4v) is 2.06. The molecule has 1 heterocycles. The van der Waals surface area contributed by atoms with E-state index in [2.05, 4.69) is 58.9 Å². The minimum atomic E-state index is 0.597. The SMILES string of the molecule is C=C(C)C1=CN(C(C)C)[C@H](C(C)C)C1.C=CC. The summed E-state index contributed by atoms with van der Waals surface area (Å²) in [4.78, 5) is 2.48. The quantitative estimate of drug-likeness (QED) is 0.636. The molecule has 0 N–H and O–H groups in total. The van der Waals surface area contributed by atoms with E-state index in [1.807, 2.05) is 6.92 Å². The van der Waals surface area contributed by atoms with Gasteiger partial charge in [-0.25, -0.2) is 0 Å². The van der Waals surface area contributed by atoms with E-state index in [1.54, 1.807) is 6.08 Å². The van der Waals surface area contributed by atoms with Crippen molar-refractivity contribution in [2.24, 2.45) is 5.92 Å². The highest BCUT2D eigenvalue weighted by Crippen LogP contribution is 2.31. The van der Waals surface area contributed by atoms with Gasteiger partial charge in [0.05, 0.1) is 0 Å². The molecule has 0 saturated carbocycles. The van der Waals surface area contributed by atoms with Crippen LogP contribution < -0.4 is 0 Å². The lowest BCUT2D eigenvalue weighted by Gasteiger charge is -2.32. The van der Waals surface area contributed by atoms with Crippen molar-refractivity contribution < 1.29 is 0 Å². The van der Waals surface area contributed by atoms with E-state index in [0.29, 0.717) is 18.0 Å². The van der Waals surface area contributed by atoms with Gasteiger partial charge in [0.15, 0.2) is 0 Å². The lowest BCUT2D eigenvalue weighted by Crippen LogP contribution is -2.36. The maximum absolute atomic E-state index is 4.03. The van der Waals surface area contributed by atoms with Gasteiger partial charge >= 0.3 is 0 Å². The summed E-state index contributed by atoms with van der Waals surface area (Å²) < 4.78 is 0. The van der Waals surface area contributed by atoms with Crippen LogP contribution in [0.25, 0.3) is 0 Å². The van der Waals surface area contributed by atoms with Gasteiger partial charge in [-0.2, -0.15) is 0 Å². The molecule has 17 heavy (non-hydrogen) atoms. The first kappa shape index (κ1) is 16.0. The van der Waals surface area contributed by atoms with Crippen LogP contribution in [0.5, 0.6) is 0 Å². The molecular weight excluding hydrogens is 206 g/mol. The lowest BCUT2D eigenvalue weighted by atomic mass is 9.96. The molecule has 98 valence electrons. The van der Waals surface area contributed by atoms with Crippen molar-refractivity contribution >= 4 is 0 Å². The van der Waals surface area contributed by atoms with Crippen molar-refractivity contribution in [3.63, 3.8) is 0 Å². The number of rotatable bonds is 3. The molecule has 1 atom stereocenters. The van der Waals surface area contributed by atoms with E-state index in [4.69, 9.17) is 0 Å². The fraction of sp³-hybridized carbons (Fsp3) is 0.625. The smallest absolute Gasteiger partial charge is 0.0351 e. The van der Waals surface area contributed by atoms with Gasteiger partial charge in [0.2, 0.25) is 0 Å². The van der Waals surface area contributed by atoms with Crippen LogP contribution >= 0.6 is 0 Å². The lowest BCUT2D eigenvalue weighted by molar-refractivity contribution is 0.200. The van der Waals surface area contributed by atoms with E-state index in [1.165, 1.54) is 17.6 Å². The van der Waals surface area contributed by atoms with Crippen molar-refractivity contribution in [3.05, 3.63) is 36.6 Å². The first-order valence-electron chi connectivity index (χ1n) is 6.56. The van der Waals surface area contributed by atoms with E-state index < -0.39 is 0 Å². The van der Waals surface area contributed by atoms with E-state index in [9.17, 15) is 0 Å². The molecular formula is C16H29N. The highest BCUT2D eigenvalue weighted by Gasteiger charge is 2.28. The molecule has 1 aliphatic rings. The molecule has 0 saturated heterocycles. The molecule has 0 radical (unpaired) electrons. The van der Waals surface area contributed by atoms with Crippen molar-refractivity contribution in [2.45, 2.75) is 60.0 Å². The Kier molecular flexibility index (Phi) is 6.94. The van der Waals surface area contributed by atoms with Gasteiger partial charge in [0.25, 0.3) is 0 Å². The predicted molar refractivity (Wildman–Crippen MR) is 79.0 cm³/mol. The molecule has 0 aliphatic carbocycles. The second kappa shape index (κ2) is 7.37. The van der Waals surface area contributed by atoms with E-state index in [0.717, 1.165) is 0 Å². The maximum Gasteiger partial charge on any atom is 0.0351 e. The summed E-state index contributed by atoms with van der Waals surface area (Å²) in [5.41, 5.74) is 2.65. The molecule has 0 spiro atoms. The average molecular weight is 235 g/mol. The molecule has 1 nitrogen and oxygen atoms in total.